The van der Waals surface area contributed by atoms with Crippen LogP contribution < -0.4 is 4.90 Å². The number of pyridine rings is 1. The smallest absolute Gasteiger partial charge is 0.354 e. The van der Waals surface area contributed by atoms with Crippen molar-refractivity contribution in [2.75, 3.05) is 31.2 Å². The quantitative estimate of drug-likeness (QED) is 0.732. The van der Waals surface area contributed by atoms with Gasteiger partial charge in [-0.3, -0.25) is 0 Å². The molecule has 0 unspecified atom stereocenters. The maximum absolute atomic E-state index is 10.8. The Balaban J connectivity index is 2.73. The van der Waals surface area contributed by atoms with Crippen molar-refractivity contribution in [1.29, 1.82) is 0 Å². The lowest BCUT2D eigenvalue weighted by Gasteiger charge is -2.22. The minimum Gasteiger partial charge on any atom is -0.477 e. The van der Waals surface area contributed by atoms with E-state index in [2.05, 4.69) is 9.88 Å². The van der Waals surface area contributed by atoms with Gasteiger partial charge in [0.2, 0.25) is 0 Å². The lowest BCUT2D eigenvalue weighted by atomic mass is 10.3. The molecular weight excluding hydrogens is 220 g/mol. The molecule has 94 valence electrons. The van der Waals surface area contributed by atoms with Crippen LogP contribution in [0.15, 0.2) is 18.3 Å². The van der Waals surface area contributed by atoms with E-state index in [1.807, 2.05) is 19.9 Å². The Hall–Kier alpha value is -1.62. The fourth-order valence-corrected chi connectivity index (χ4v) is 1.52. The molecule has 1 aromatic rings. The van der Waals surface area contributed by atoms with Gasteiger partial charge in [-0.15, -0.1) is 0 Å². The Kier molecular flexibility index (Phi) is 5.42. The molecule has 1 N–H and O–H groups in total. The molecule has 0 aliphatic carbocycles. The molecule has 5 nitrogen and oxygen atoms in total. The second-order valence-corrected chi connectivity index (χ2v) is 3.48. The van der Waals surface area contributed by atoms with Crippen LogP contribution in [0.2, 0.25) is 0 Å². The zero-order chi connectivity index (χ0) is 12.7. The first-order valence-corrected chi connectivity index (χ1v) is 5.71. The molecule has 0 atom stereocenters. The Labute approximate surface area is 101 Å². The first-order valence-electron chi connectivity index (χ1n) is 5.71. The lowest BCUT2D eigenvalue weighted by Crippen LogP contribution is -2.27. The van der Waals surface area contributed by atoms with Gasteiger partial charge in [-0.2, -0.15) is 0 Å². The molecule has 0 saturated carbocycles. The van der Waals surface area contributed by atoms with Gasteiger partial charge in [0, 0.05) is 31.6 Å². The summed E-state index contributed by atoms with van der Waals surface area (Å²) >= 11 is 0. The number of hydrogen-bond donors (Lipinski definition) is 1. The minimum absolute atomic E-state index is 0.0670. The molecule has 0 fully saturated rings. The summed E-state index contributed by atoms with van der Waals surface area (Å²) in [6.45, 7) is 6.84. The number of likely N-dealkylation sites (N-methyl/N-ethyl adjacent to an activating group) is 1. The highest BCUT2D eigenvalue weighted by molar-refractivity contribution is 5.86. The van der Waals surface area contributed by atoms with Gasteiger partial charge in [0.1, 0.15) is 5.69 Å². The van der Waals surface area contributed by atoms with E-state index in [1.165, 1.54) is 6.20 Å². The molecule has 0 aliphatic heterocycles. The SMILES string of the molecule is CCOCCN(CC)c1ccnc(C(=O)O)c1. The van der Waals surface area contributed by atoms with Gasteiger partial charge in [-0.05, 0) is 26.0 Å². The standard InChI is InChI=1S/C12H18N2O3/c1-3-14(7-8-17-4-2)10-5-6-13-11(9-10)12(15)16/h5-6,9H,3-4,7-8H2,1-2H3,(H,15,16). The third-order valence-electron chi connectivity index (χ3n) is 2.42. The van der Waals surface area contributed by atoms with Crippen LogP contribution in [-0.4, -0.2) is 42.4 Å². The second kappa shape index (κ2) is 6.85. The van der Waals surface area contributed by atoms with Crippen molar-refractivity contribution in [1.82, 2.24) is 4.98 Å². The highest BCUT2D eigenvalue weighted by Gasteiger charge is 2.09. The van der Waals surface area contributed by atoms with Gasteiger partial charge in [-0.1, -0.05) is 0 Å². The molecule has 1 heterocycles. The Morgan fingerprint density at radius 3 is 2.88 bits per heavy atom. The summed E-state index contributed by atoms with van der Waals surface area (Å²) in [6, 6.07) is 3.39. The highest BCUT2D eigenvalue weighted by atomic mass is 16.5. The monoisotopic (exact) mass is 238 g/mol. The van der Waals surface area contributed by atoms with E-state index in [9.17, 15) is 4.79 Å². The normalized spacial score (nSPS) is 10.2. The molecule has 0 bridgehead atoms. The second-order valence-electron chi connectivity index (χ2n) is 3.48. The molecule has 0 saturated heterocycles. The van der Waals surface area contributed by atoms with Gasteiger partial charge in [0.05, 0.1) is 6.61 Å². The summed E-state index contributed by atoms with van der Waals surface area (Å²) in [6.07, 6.45) is 1.52. The number of aromatic nitrogens is 1. The number of hydrogen-bond acceptors (Lipinski definition) is 4. The molecule has 0 spiro atoms. The van der Waals surface area contributed by atoms with E-state index in [4.69, 9.17) is 9.84 Å². The fraction of sp³-hybridized carbons (Fsp3) is 0.500. The van der Waals surface area contributed by atoms with Crippen LogP contribution in [0.4, 0.5) is 5.69 Å². The van der Waals surface area contributed by atoms with E-state index in [1.54, 1.807) is 6.07 Å². The number of anilines is 1. The molecule has 1 rings (SSSR count). The first-order chi connectivity index (χ1) is 8.19. The topological polar surface area (TPSA) is 62.7 Å². The largest absolute Gasteiger partial charge is 0.477 e. The first kappa shape index (κ1) is 13.4. The van der Waals surface area contributed by atoms with Gasteiger partial charge >= 0.3 is 5.97 Å². The van der Waals surface area contributed by atoms with Crippen molar-refractivity contribution in [2.24, 2.45) is 0 Å². The highest BCUT2D eigenvalue weighted by Crippen LogP contribution is 2.14. The molecule has 0 aliphatic rings. The summed E-state index contributed by atoms with van der Waals surface area (Å²) in [5, 5.41) is 8.87. The van der Waals surface area contributed by atoms with Crippen molar-refractivity contribution in [3.8, 4) is 0 Å². The summed E-state index contributed by atoms with van der Waals surface area (Å²) in [7, 11) is 0. The predicted octanol–water partition coefficient (Wildman–Crippen LogP) is 1.64. The zero-order valence-corrected chi connectivity index (χ0v) is 10.2. The molecular formula is C12H18N2O3. The number of carbonyl (C=O) groups is 1. The van der Waals surface area contributed by atoms with Crippen LogP contribution in [0.1, 0.15) is 24.3 Å². The van der Waals surface area contributed by atoms with Crippen LogP contribution >= 0.6 is 0 Å². The van der Waals surface area contributed by atoms with Crippen LogP contribution in [0.5, 0.6) is 0 Å². The van der Waals surface area contributed by atoms with Crippen LogP contribution in [0.25, 0.3) is 0 Å². The molecule has 0 radical (unpaired) electrons. The number of aromatic carboxylic acids is 1. The van der Waals surface area contributed by atoms with Gasteiger partial charge in [0.15, 0.2) is 0 Å². The summed E-state index contributed by atoms with van der Waals surface area (Å²) in [5.74, 6) is -1.01. The number of nitrogens with zero attached hydrogens (tertiary/aromatic N) is 2. The Morgan fingerprint density at radius 2 is 2.29 bits per heavy atom. The average Bonchev–Trinajstić information content (AvgIpc) is 2.35. The maximum Gasteiger partial charge on any atom is 0.354 e. The lowest BCUT2D eigenvalue weighted by molar-refractivity contribution is 0.0690. The van der Waals surface area contributed by atoms with E-state index in [0.29, 0.717) is 13.2 Å². The van der Waals surface area contributed by atoms with Crippen molar-refractivity contribution in [2.45, 2.75) is 13.8 Å². The van der Waals surface area contributed by atoms with Crippen molar-refractivity contribution in [3.63, 3.8) is 0 Å². The number of ether oxygens (including phenoxy) is 1. The summed E-state index contributed by atoms with van der Waals surface area (Å²) in [4.78, 5) is 16.7. The number of rotatable bonds is 7. The maximum atomic E-state index is 10.8. The predicted molar refractivity (Wildman–Crippen MR) is 65.6 cm³/mol. The van der Waals surface area contributed by atoms with Gasteiger partial charge in [0.25, 0.3) is 0 Å². The third-order valence-corrected chi connectivity index (χ3v) is 2.42. The number of carboxylic acids is 1. The van der Waals surface area contributed by atoms with Crippen LogP contribution in [-0.2, 0) is 4.74 Å². The zero-order valence-electron chi connectivity index (χ0n) is 10.2. The molecule has 5 heteroatoms. The summed E-state index contributed by atoms with van der Waals surface area (Å²) in [5.41, 5.74) is 0.928. The van der Waals surface area contributed by atoms with E-state index in [-0.39, 0.29) is 5.69 Å². The fourth-order valence-electron chi connectivity index (χ4n) is 1.52. The summed E-state index contributed by atoms with van der Waals surface area (Å²) < 4.78 is 5.29. The van der Waals surface area contributed by atoms with E-state index < -0.39 is 5.97 Å². The minimum atomic E-state index is -1.01. The molecule has 0 aromatic carbocycles. The van der Waals surface area contributed by atoms with Crippen molar-refractivity contribution < 1.29 is 14.6 Å². The number of carboxylic acid groups (broad SMARTS) is 1. The molecule has 0 amide bonds. The Bertz CT molecular complexity index is 369. The molecule has 1 aromatic heterocycles. The van der Waals surface area contributed by atoms with Crippen LogP contribution in [0.3, 0.4) is 0 Å². The van der Waals surface area contributed by atoms with Crippen molar-refractivity contribution in [3.05, 3.63) is 24.0 Å². The van der Waals surface area contributed by atoms with Crippen LogP contribution in [0, 0.1) is 0 Å². The Morgan fingerprint density at radius 1 is 1.53 bits per heavy atom. The van der Waals surface area contributed by atoms with E-state index >= 15 is 0 Å². The molecule has 17 heavy (non-hydrogen) atoms. The average molecular weight is 238 g/mol. The third kappa shape index (κ3) is 4.03. The van der Waals surface area contributed by atoms with E-state index in [0.717, 1.165) is 18.8 Å². The van der Waals surface area contributed by atoms with Crippen molar-refractivity contribution >= 4 is 11.7 Å². The van der Waals surface area contributed by atoms with Gasteiger partial charge < -0.3 is 14.7 Å². The van der Waals surface area contributed by atoms with Gasteiger partial charge in [-0.25, -0.2) is 9.78 Å².